The minimum atomic E-state index is -3.28. The van der Waals surface area contributed by atoms with Crippen molar-refractivity contribution in [2.75, 3.05) is 37.9 Å². The Morgan fingerprint density at radius 1 is 1.17 bits per heavy atom. The monoisotopic (exact) mass is 435 g/mol. The van der Waals surface area contributed by atoms with E-state index < -0.39 is 10.0 Å². The second-order valence-corrected chi connectivity index (χ2v) is 10.2. The number of sulfonamides is 1. The predicted octanol–water partition coefficient (Wildman–Crippen LogP) is 1.76. The smallest absolute Gasteiger partial charge is 0.252 e. The lowest BCUT2D eigenvalue weighted by atomic mass is 10.1. The van der Waals surface area contributed by atoms with Crippen LogP contribution in [0, 0.1) is 0 Å². The van der Waals surface area contributed by atoms with Crippen LogP contribution in [0.2, 0.25) is 0 Å². The second kappa shape index (κ2) is 8.99. The summed E-state index contributed by atoms with van der Waals surface area (Å²) < 4.78 is 32.9. The van der Waals surface area contributed by atoms with Gasteiger partial charge in [0.15, 0.2) is 0 Å². The van der Waals surface area contributed by atoms with Gasteiger partial charge in [-0.05, 0) is 31.7 Å². The molecule has 1 saturated heterocycles. The van der Waals surface area contributed by atoms with Crippen molar-refractivity contribution < 1.29 is 13.2 Å². The molecule has 1 N–H and O–H groups in total. The summed E-state index contributed by atoms with van der Waals surface area (Å²) in [5.74, 6) is 0.495. The summed E-state index contributed by atoms with van der Waals surface area (Å²) in [6, 6.07) is 3.66. The molecule has 2 fully saturated rings. The van der Waals surface area contributed by atoms with Crippen LogP contribution in [0.15, 0.2) is 23.1 Å². The topological polar surface area (TPSA) is 106 Å². The highest BCUT2D eigenvalue weighted by Gasteiger charge is 2.28. The van der Waals surface area contributed by atoms with Crippen molar-refractivity contribution in [3.8, 4) is 0 Å². The Morgan fingerprint density at radius 3 is 2.60 bits per heavy atom. The fourth-order valence-electron chi connectivity index (χ4n) is 4.40. The van der Waals surface area contributed by atoms with Gasteiger partial charge in [-0.3, -0.25) is 9.36 Å². The van der Waals surface area contributed by atoms with Gasteiger partial charge in [0.1, 0.15) is 5.65 Å². The normalized spacial score (nSPS) is 19.5. The molecule has 1 aliphatic carbocycles. The minimum absolute atomic E-state index is 0.00801. The van der Waals surface area contributed by atoms with E-state index in [1.54, 1.807) is 18.3 Å². The number of nitrogens with zero attached hydrogens (tertiary/aromatic N) is 4. The first-order valence-corrected chi connectivity index (χ1v) is 12.2. The van der Waals surface area contributed by atoms with Crippen LogP contribution in [-0.4, -0.2) is 65.9 Å². The first kappa shape index (κ1) is 21.2. The number of nitrogens with one attached hydrogen (secondary N) is 1. The number of methoxy groups -OCH3 is 1. The van der Waals surface area contributed by atoms with Gasteiger partial charge in [0.05, 0.1) is 12.4 Å². The maximum atomic E-state index is 12.5. The second-order valence-electron chi connectivity index (χ2n) is 8.08. The highest BCUT2D eigenvalue weighted by Crippen LogP contribution is 2.30. The Labute approximate surface area is 176 Å². The Morgan fingerprint density at radius 2 is 1.90 bits per heavy atom. The number of pyridine rings is 1. The molecule has 0 atom stereocenters. The average Bonchev–Trinajstić information content (AvgIpc) is 3.27. The number of ether oxygens (including phenoxy) is 1. The number of rotatable bonds is 7. The number of piperidine rings is 1. The molecule has 0 radical (unpaired) electrons. The van der Waals surface area contributed by atoms with E-state index in [1.165, 1.54) is 11.4 Å². The molecular weight excluding hydrogens is 406 g/mol. The first-order chi connectivity index (χ1) is 14.5. The van der Waals surface area contributed by atoms with Crippen LogP contribution < -0.4 is 10.9 Å². The van der Waals surface area contributed by atoms with Gasteiger partial charge in [-0.15, -0.1) is 0 Å². The fourth-order valence-corrected chi connectivity index (χ4v) is 5.80. The Hall–Kier alpha value is -2.04. The summed E-state index contributed by atoms with van der Waals surface area (Å²) in [6.45, 7) is 1.13. The maximum absolute atomic E-state index is 12.5. The standard InChI is InChI=1S/C20H29N5O4S/c1-29-12-13-30(27,28)24-10-8-16(9-11-24)22-20-21-14-15-6-7-18(26)25(19(15)23-20)17-4-2-3-5-17/h6-7,14,16-17H,2-5,8-13H2,1H3,(H,21,22,23). The maximum Gasteiger partial charge on any atom is 0.252 e. The average molecular weight is 436 g/mol. The zero-order valence-corrected chi connectivity index (χ0v) is 18.1. The van der Waals surface area contributed by atoms with Crippen molar-refractivity contribution in [1.82, 2.24) is 18.8 Å². The molecule has 4 rings (SSSR count). The molecular formula is C20H29N5O4S. The van der Waals surface area contributed by atoms with Gasteiger partial charge in [-0.2, -0.15) is 4.98 Å². The summed E-state index contributed by atoms with van der Waals surface area (Å²) in [5.41, 5.74) is 0.653. The van der Waals surface area contributed by atoms with Gasteiger partial charge in [0, 0.05) is 49.9 Å². The molecule has 164 valence electrons. The number of fused-ring (bicyclic) bond motifs is 1. The van der Waals surface area contributed by atoms with Crippen molar-refractivity contribution in [3.05, 3.63) is 28.7 Å². The van der Waals surface area contributed by atoms with Crippen molar-refractivity contribution in [2.24, 2.45) is 0 Å². The van der Waals surface area contributed by atoms with E-state index in [0.29, 0.717) is 37.5 Å². The third-order valence-electron chi connectivity index (χ3n) is 6.08. The lowest BCUT2D eigenvalue weighted by Crippen LogP contribution is -2.43. The van der Waals surface area contributed by atoms with Crippen LogP contribution in [0.3, 0.4) is 0 Å². The van der Waals surface area contributed by atoms with Crippen LogP contribution >= 0.6 is 0 Å². The number of hydrogen-bond donors (Lipinski definition) is 1. The molecule has 9 nitrogen and oxygen atoms in total. The van der Waals surface area contributed by atoms with Crippen LogP contribution in [0.4, 0.5) is 5.95 Å². The SMILES string of the molecule is COCCS(=O)(=O)N1CCC(Nc2ncc3ccc(=O)n(C4CCCC4)c3n2)CC1. The summed E-state index contributed by atoms with van der Waals surface area (Å²) in [7, 11) is -1.78. The molecule has 0 unspecified atom stereocenters. The molecule has 3 heterocycles. The van der Waals surface area contributed by atoms with Gasteiger partial charge in [0.2, 0.25) is 16.0 Å². The Bertz CT molecular complexity index is 1040. The highest BCUT2D eigenvalue weighted by atomic mass is 32.2. The van der Waals surface area contributed by atoms with E-state index in [1.807, 2.05) is 4.57 Å². The number of aromatic nitrogens is 3. The Balaban J connectivity index is 1.47. The van der Waals surface area contributed by atoms with Crippen LogP contribution in [-0.2, 0) is 14.8 Å². The van der Waals surface area contributed by atoms with Gasteiger partial charge < -0.3 is 10.1 Å². The van der Waals surface area contributed by atoms with Crippen molar-refractivity contribution in [1.29, 1.82) is 0 Å². The molecule has 0 amide bonds. The number of anilines is 1. The molecule has 1 aliphatic heterocycles. The molecule has 0 aromatic carbocycles. The molecule has 2 aliphatic rings. The van der Waals surface area contributed by atoms with Crippen molar-refractivity contribution in [3.63, 3.8) is 0 Å². The molecule has 30 heavy (non-hydrogen) atoms. The first-order valence-electron chi connectivity index (χ1n) is 10.6. The van der Waals surface area contributed by atoms with Crippen LogP contribution in [0.25, 0.3) is 11.0 Å². The van der Waals surface area contributed by atoms with Gasteiger partial charge in [-0.25, -0.2) is 17.7 Å². The molecule has 10 heteroatoms. The molecule has 2 aromatic heterocycles. The molecule has 2 aromatic rings. The van der Waals surface area contributed by atoms with Gasteiger partial charge >= 0.3 is 0 Å². The van der Waals surface area contributed by atoms with Crippen molar-refractivity contribution in [2.45, 2.75) is 50.6 Å². The van der Waals surface area contributed by atoms with Gasteiger partial charge in [-0.1, -0.05) is 12.8 Å². The van der Waals surface area contributed by atoms with Crippen LogP contribution in [0.1, 0.15) is 44.6 Å². The Kier molecular flexibility index (Phi) is 6.35. The van der Waals surface area contributed by atoms with E-state index in [9.17, 15) is 13.2 Å². The van der Waals surface area contributed by atoms with Gasteiger partial charge in [0.25, 0.3) is 5.56 Å². The highest BCUT2D eigenvalue weighted by molar-refractivity contribution is 7.89. The number of hydrogen-bond acceptors (Lipinski definition) is 7. The largest absolute Gasteiger partial charge is 0.384 e. The zero-order valence-electron chi connectivity index (χ0n) is 17.3. The van der Waals surface area contributed by atoms with Crippen LogP contribution in [0.5, 0.6) is 0 Å². The van der Waals surface area contributed by atoms with Crippen molar-refractivity contribution >= 4 is 27.0 Å². The van der Waals surface area contributed by atoms with E-state index >= 15 is 0 Å². The minimum Gasteiger partial charge on any atom is -0.384 e. The molecule has 0 bridgehead atoms. The third-order valence-corrected chi connectivity index (χ3v) is 7.92. The van der Waals surface area contributed by atoms with E-state index in [-0.39, 0.29) is 30.0 Å². The fraction of sp³-hybridized carbons (Fsp3) is 0.650. The quantitative estimate of drug-likeness (QED) is 0.706. The summed E-state index contributed by atoms with van der Waals surface area (Å²) in [4.78, 5) is 21.6. The van der Waals surface area contributed by atoms with E-state index in [2.05, 4.69) is 15.3 Å². The van der Waals surface area contributed by atoms with E-state index in [0.717, 1.165) is 31.1 Å². The molecule has 0 spiro atoms. The third kappa shape index (κ3) is 4.50. The zero-order chi connectivity index (χ0) is 21.1. The predicted molar refractivity (Wildman–Crippen MR) is 115 cm³/mol. The summed E-state index contributed by atoms with van der Waals surface area (Å²) in [6.07, 6.45) is 7.38. The lowest BCUT2D eigenvalue weighted by molar-refractivity contribution is 0.214. The lowest BCUT2D eigenvalue weighted by Gasteiger charge is -2.31. The molecule has 1 saturated carbocycles. The van der Waals surface area contributed by atoms with E-state index in [4.69, 9.17) is 4.74 Å². The summed E-state index contributed by atoms with van der Waals surface area (Å²) >= 11 is 0. The summed E-state index contributed by atoms with van der Waals surface area (Å²) in [5, 5.41) is 4.19.